The second-order valence-corrected chi connectivity index (χ2v) is 5.40. The van der Waals surface area contributed by atoms with Crippen molar-refractivity contribution in [2.45, 2.75) is 26.8 Å². The van der Waals surface area contributed by atoms with Gasteiger partial charge < -0.3 is 22.7 Å². The van der Waals surface area contributed by atoms with Crippen LogP contribution in [-0.2, 0) is 6.54 Å². The summed E-state index contributed by atoms with van der Waals surface area (Å²) < 4.78 is 2.44. The maximum atomic E-state index is 3.96. The van der Waals surface area contributed by atoms with E-state index in [1.54, 1.807) is 0 Å². The largest absolute Gasteiger partial charge is 1.00 e. The Balaban J connectivity index is 0.00000147. The maximum absolute atomic E-state index is 3.96. The van der Waals surface area contributed by atoms with E-state index in [4.69, 9.17) is 0 Å². The van der Waals surface area contributed by atoms with Gasteiger partial charge in [-0.3, -0.25) is 0 Å². The summed E-state index contributed by atoms with van der Waals surface area (Å²) in [6.45, 7) is 6.36. The lowest BCUT2D eigenvalue weighted by Gasteiger charge is -2.05. The van der Waals surface area contributed by atoms with Gasteiger partial charge >= 0.3 is 0 Å². The summed E-state index contributed by atoms with van der Waals surface area (Å²) in [5, 5.41) is 2.76. The minimum absolute atomic E-state index is 0. The van der Waals surface area contributed by atoms with E-state index in [1.807, 2.05) is 0 Å². The first-order valence-corrected chi connectivity index (χ1v) is 6.99. The highest BCUT2D eigenvalue weighted by molar-refractivity contribution is 6.08. The smallest absolute Gasteiger partial charge is 0.0757 e. The van der Waals surface area contributed by atoms with Crippen LogP contribution in [0.2, 0.25) is 0 Å². The van der Waals surface area contributed by atoms with Crippen LogP contribution in [0, 0.1) is 13.8 Å². The molecule has 3 N–H and O–H groups in total. The second kappa shape index (κ2) is 5.86. The lowest BCUT2D eigenvalue weighted by Crippen LogP contribution is -3.00. The number of benzene rings is 2. The van der Waals surface area contributed by atoms with Gasteiger partial charge in [-0.25, -0.2) is 0 Å². The number of halogens is 1. The molecule has 0 aliphatic carbocycles. The van der Waals surface area contributed by atoms with Gasteiger partial charge in [0.05, 0.1) is 6.54 Å². The van der Waals surface area contributed by atoms with Crippen LogP contribution in [0.3, 0.4) is 0 Å². The van der Waals surface area contributed by atoms with Crippen molar-refractivity contribution in [2.75, 3.05) is 6.54 Å². The van der Waals surface area contributed by atoms with Crippen LogP contribution < -0.4 is 18.1 Å². The van der Waals surface area contributed by atoms with Gasteiger partial charge in [0.2, 0.25) is 0 Å². The first-order chi connectivity index (χ1) is 9.20. The minimum atomic E-state index is 0. The van der Waals surface area contributed by atoms with E-state index in [0.29, 0.717) is 0 Å². The number of nitrogens with zero attached hydrogens (tertiary/aromatic N) is 1. The number of hydrogen-bond donors (Lipinski definition) is 1. The van der Waals surface area contributed by atoms with Crippen LogP contribution in [0.1, 0.15) is 17.5 Å². The molecule has 0 saturated carbocycles. The van der Waals surface area contributed by atoms with Gasteiger partial charge in [0.1, 0.15) is 0 Å². The van der Waals surface area contributed by atoms with Crippen molar-refractivity contribution in [2.24, 2.45) is 0 Å². The Morgan fingerprint density at radius 1 is 0.900 bits per heavy atom. The molecule has 0 aliphatic heterocycles. The minimum Gasteiger partial charge on any atom is -1.00 e. The molecule has 3 rings (SSSR count). The quantitative estimate of drug-likeness (QED) is 0.706. The highest BCUT2D eigenvalue weighted by Gasteiger charge is 2.10. The Bertz CT molecular complexity index is 684. The van der Waals surface area contributed by atoms with Gasteiger partial charge in [-0.15, -0.1) is 0 Å². The number of quaternary nitrogens is 1. The Kier molecular flexibility index (Phi) is 4.36. The molecule has 0 saturated heterocycles. The summed E-state index contributed by atoms with van der Waals surface area (Å²) >= 11 is 0. The fourth-order valence-electron chi connectivity index (χ4n) is 2.84. The van der Waals surface area contributed by atoms with E-state index < -0.39 is 0 Å². The monoisotopic (exact) mass is 288 g/mol. The Morgan fingerprint density at radius 3 is 1.85 bits per heavy atom. The third-order valence-electron chi connectivity index (χ3n) is 3.81. The number of rotatable bonds is 3. The van der Waals surface area contributed by atoms with Crippen molar-refractivity contribution in [3.8, 4) is 0 Å². The van der Waals surface area contributed by atoms with Crippen molar-refractivity contribution in [3.63, 3.8) is 0 Å². The summed E-state index contributed by atoms with van der Waals surface area (Å²) in [5.41, 5.74) is 9.30. The zero-order valence-corrected chi connectivity index (χ0v) is 12.9. The molecular formula is C17H21ClN2. The Morgan fingerprint density at radius 2 is 1.40 bits per heavy atom. The molecule has 0 fully saturated rings. The third-order valence-corrected chi connectivity index (χ3v) is 3.81. The van der Waals surface area contributed by atoms with Gasteiger partial charge in [0, 0.05) is 34.8 Å². The SMILES string of the molecule is Cc1ccc2c(c1)c1cc(C)ccc1n2CCC[NH3+].[Cl-]. The summed E-state index contributed by atoms with van der Waals surface area (Å²) in [4.78, 5) is 0. The average Bonchev–Trinajstić information content (AvgIpc) is 2.69. The fourth-order valence-corrected chi connectivity index (χ4v) is 2.84. The molecule has 20 heavy (non-hydrogen) atoms. The number of aryl methyl sites for hydroxylation is 3. The molecule has 2 nitrogen and oxygen atoms in total. The van der Waals surface area contributed by atoms with Gasteiger partial charge in [-0.1, -0.05) is 23.3 Å². The van der Waals surface area contributed by atoms with Crippen LogP contribution in [0.15, 0.2) is 36.4 Å². The van der Waals surface area contributed by atoms with Gasteiger partial charge in [-0.2, -0.15) is 0 Å². The molecule has 0 aliphatic rings. The normalized spacial score (nSPS) is 10.9. The predicted molar refractivity (Wildman–Crippen MR) is 81.3 cm³/mol. The molecule has 0 atom stereocenters. The van der Waals surface area contributed by atoms with Crippen LogP contribution >= 0.6 is 0 Å². The molecule has 0 amide bonds. The van der Waals surface area contributed by atoms with Crippen LogP contribution in [0.4, 0.5) is 0 Å². The molecule has 0 radical (unpaired) electrons. The second-order valence-electron chi connectivity index (χ2n) is 5.40. The Labute approximate surface area is 126 Å². The molecule has 1 aromatic heterocycles. The highest BCUT2D eigenvalue weighted by atomic mass is 35.5. The van der Waals surface area contributed by atoms with Gasteiger partial charge in [-0.05, 0) is 38.1 Å². The summed E-state index contributed by atoms with van der Waals surface area (Å²) in [7, 11) is 0. The van der Waals surface area contributed by atoms with Crippen molar-refractivity contribution in [3.05, 3.63) is 47.5 Å². The zero-order valence-electron chi connectivity index (χ0n) is 12.1. The van der Waals surface area contributed by atoms with Crippen molar-refractivity contribution in [1.82, 2.24) is 4.57 Å². The molecular weight excluding hydrogens is 268 g/mol. The number of fused-ring (bicyclic) bond motifs is 3. The average molecular weight is 289 g/mol. The number of aromatic nitrogens is 1. The van der Waals surface area contributed by atoms with Crippen molar-refractivity contribution < 1.29 is 18.1 Å². The first-order valence-electron chi connectivity index (χ1n) is 6.99. The number of hydrogen-bond acceptors (Lipinski definition) is 0. The standard InChI is InChI=1S/C17H20N2.ClH/c1-12-4-6-16-14(10-12)15-11-13(2)5-7-17(15)19(16)9-3-8-18;/h4-7,10-11H,3,8-9,18H2,1-2H3;1H. The maximum Gasteiger partial charge on any atom is 0.0757 e. The fraction of sp³-hybridized carbons (Fsp3) is 0.294. The summed E-state index contributed by atoms with van der Waals surface area (Å²) in [6, 6.07) is 13.5. The van der Waals surface area contributed by atoms with E-state index in [-0.39, 0.29) is 12.4 Å². The van der Waals surface area contributed by atoms with E-state index in [9.17, 15) is 0 Å². The van der Waals surface area contributed by atoms with Crippen LogP contribution in [0.5, 0.6) is 0 Å². The van der Waals surface area contributed by atoms with Crippen molar-refractivity contribution >= 4 is 21.8 Å². The van der Waals surface area contributed by atoms with E-state index in [0.717, 1.165) is 19.5 Å². The lowest BCUT2D eigenvalue weighted by atomic mass is 10.1. The van der Waals surface area contributed by atoms with E-state index >= 15 is 0 Å². The lowest BCUT2D eigenvalue weighted by molar-refractivity contribution is -0.368. The molecule has 106 valence electrons. The molecule has 0 spiro atoms. The zero-order chi connectivity index (χ0) is 13.4. The van der Waals surface area contributed by atoms with Crippen LogP contribution in [0.25, 0.3) is 21.8 Å². The first kappa shape index (κ1) is 14.9. The van der Waals surface area contributed by atoms with Gasteiger partial charge in [0.25, 0.3) is 0 Å². The Hall–Kier alpha value is -1.51. The topological polar surface area (TPSA) is 32.6 Å². The molecule has 0 bridgehead atoms. The molecule has 1 heterocycles. The molecule has 2 aromatic carbocycles. The molecule has 3 aromatic rings. The van der Waals surface area contributed by atoms with E-state index in [1.165, 1.54) is 32.9 Å². The third kappa shape index (κ3) is 2.41. The molecule has 0 unspecified atom stereocenters. The van der Waals surface area contributed by atoms with E-state index in [2.05, 4.69) is 60.5 Å². The molecule has 3 heteroatoms. The van der Waals surface area contributed by atoms with Crippen LogP contribution in [-0.4, -0.2) is 11.1 Å². The van der Waals surface area contributed by atoms with Gasteiger partial charge in [0.15, 0.2) is 0 Å². The summed E-state index contributed by atoms with van der Waals surface area (Å²) in [5.74, 6) is 0. The predicted octanol–water partition coefficient (Wildman–Crippen LogP) is 0.0473. The summed E-state index contributed by atoms with van der Waals surface area (Å²) in [6.07, 6.45) is 1.13. The van der Waals surface area contributed by atoms with Crippen molar-refractivity contribution in [1.29, 1.82) is 0 Å². The highest BCUT2D eigenvalue weighted by Crippen LogP contribution is 2.30.